The third-order valence-corrected chi connectivity index (χ3v) is 4.57. The number of sulfonamides is 1. The molecule has 1 rings (SSSR count). The van der Waals surface area contributed by atoms with E-state index in [1.807, 2.05) is 6.92 Å². The summed E-state index contributed by atoms with van der Waals surface area (Å²) in [7, 11) is -1.80. The fraction of sp³-hybridized carbons (Fsp3) is 0.545. The molecule has 6 nitrogen and oxygen atoms in total. The number of hydrogen-bond acceptors (Lipinski definition) is 4. The zero-order chi connectivity index (χ0) is 13.8. The molecule has 1 aromatic heterocycles. The van der Waals surface area contributed by atoms with Crippen molar-refractivity contribution in [2.45, 2.75) is 25.4 Å². The number of aromatic nitrogens is 2. The maximum absolute atomic E-state index is 12.4. The molecule has 0 aromatic carbocycles. The van der Waals surface area contributed by atoms with Crippen LogP contribution in [0, 0.1) is 6.92 Å². The molecular formula is C11H20N4O2S. The van der Waals surface area contributed by atoms with E-state index in [1.54, 1.807) is 20.0 Å². The summed E-state index contributed by atoms with van der Waals surface area (Å²) in [6.45, 7) is 8.30. The third-order valence-electron chi connectivity index (χ3n) is 2.66. The van der Waals surface area contributed by atoms with E-state index in [1.165, 1.54) is 4.31 Å². The number of aryl methyl sites for hydroxylation is 1. The van der Waals surface area contributed by atoms with Gasteiger partial charge in [-0.1, -0.05) is 13.0 Å². The number of H-pyrrole nitrogens is 1. The van der Waals surface area contributed by atoms with E-state index in [2.05, 4.69) is 22.1 Å². The van der Waals surface area contributed by atoms with Crippen LogP contribution in [-0.4, -0.2) is 43.1 Å². The van der Waals surface area contributed by atoms with E-state index in [0.717, 1.165) is 5.69 Å². The third kappa shape index (κ3) is 2.80. The second-order valence-electron chi connectivity index (χ2n) is 3.91. The first kappa shape index (κ1) is 14.9. The van der Waals surface area contributed by atoms with Crippen molar-refractivity contribution in [2.24, 2.45) is 0 Å². The SMILES string of the molecule is C=CCN(CC)S(=O)(=O)c1n[nH]c(C)c1CNC. The lowest BCUT2D eigenvalue weighted by atomic mass is 10.3. The van der Waals surface area contributed by atoms with Gasteiger partial charge in [-0.05, 0) is 14.0 Å². The molecule has 0 saturated carbocycles. The fourth-order valence-corrected chi connectivity index (χ4v) is 3.28. The van der Waals surface area contributed by atoms with Crippen molar-refractivity contribution in [3.63, 3.8) is 0 Å². The number of rotatable bonds is 7. The Morgan fingerprint density at radius 2 is 2.22 bits per heavy atom. The van der Waals surface area contributed by atoms with Crippen LogP contribution in [0.25, 0.3) is 0 Å². The molecule has 2 N–H and O–H groups in total. The summed E-state index contributed by atoms with van der Waals surface area (Å²) in [5.41, 5.74) is 1.44. The van der Waals surface area contributed by atoms with E-state index in [-0.39, 0.29) is 11.6 Å². The van der Waals surface area contributed by atoms with Crippen molar-refractivity contribution in [1.82, 2.24) is 19.8 Å². The standard InChI is InChI=1S/C11H20N4O2S/c1-5-7-15(6-2)18(16,17)11-10(8-12-4)9(3)13-14-11/h5,12H,1,6-8H2,2-4H3,(H,13,14). The molecule has 0 amide bonds. The molecule has 0 radical (unpaired) electrons. The summed E-state index contributed by atoms with van der Waals surface area (Å²) in [6, 6.07) is 0. The van der Waals surface area contributed by atoms with Gasteiger partial charge in [-0.25, -0.2) is 8.42 Å². The lowest BCUT2D eigenvalue weighted by Gasteiger charge is -2.18. The Hall–Kier alpha value is -1.18. The highest BCUT2D eigenvalue weighted by Crippen LogP contribution is 2.20. The number of nitrogens with zero attached hydrogens (tertiary/aromatic N) is 2. The van der Waals surface area contributed by atoms with Crippen molar-refractivity contribution in [3.8, 4) is 0 Å². The normalized spacial score (nSPS) is 12.0. The summed E-state index contributed by atoms with van der Waals surface area (Å²) in [5, 5.41) is 9.70. The largest absolute Gasteiger partial charge is 0.316 e. The van der Waals surface area contributed by atoms with Crippen LogP contribution >= 0.6 is 0 Å². The van der Waals surface area contributed by atoms with Crippen LogP contribution in [0.5, 0.6) is 0 Å². The smallest absolute Gasteiger partial charge is 0.262 e. The average Bonchev–Trinajstić information content (AvgIpc) is 2.69. The minimum absolute atomic E-state index is 0.0954. The Labute approximate surface area is 108 Å². The Bertz CT molecular complexity index is 507. The Morgan fingerprint density at radius 3 is 2.72 bits per heavy atom. The summed E-state index contributed by atoms with van der Waals surface area (Å²) in [4.78, 5) is 0. The van der Waals surface area contributed by atoms with Gasteiger partial charge in [0.2, 0.25) is 0 Å². The highest BCUT2D eigenvalue weighted by atomic mass is 32.2. The molecule has 0 unspecified atom stereocenters. The number of aromatic amines is 1. The summed E-state index contributed by atoms with van der Waals surface area (Å²) in [5.74, 6) is 0. The molecule has 0 aliphatic carbocycles. The molecule has 18 heavy (non-hydrogen) atoms. The molecule has 1 aromatic rings. The van der Waals surface area contributed by atoms with E-state index in [0.29, 0.717) is 18.7 Å². The quantitative estimate of drug-likeness (QED) is 0.714. The first-order chi connectivity index (χ1) is 8.48. The Balaban J connectivity index is 3.22. The van der Waals surface area contributed by atoms with Crippen molar-refractivity contribution < 1.29 is 8.42 Å². The van der Waals surface area contributed by atoms with Gasteiger partial charge in [0.1, 0.15) is 0 Å². The monoisotopic (exact) mass is 272 g/mol. The van der Waals surface area contributed by atoms with Crippen LogP contribution < -0.4 is 5.32 Å². The van der Waals surface area contributed by atoms with E-state index < -0.39 is 10.0 Å². The molecule has 0 spiro atoms. The average molecular weight is 272 g/mol. The van der Waals surface area contributed by atoms with Crippen LogP contribution in [-0.2, 0) is 16.6 Å². The van der Waals surface area contributed by atoms with Gasteiger partial charge in [-0.3, -0.25) is 5.10 Å². The van der Waals surface area contributed by atoms with Crippen molar-refractivity contribution in [3.05, 3.63) is 23.9 Å². The predicted molar refractivity (Wildman–Crippen MR) is 70.7 cm³/mol. The second kappa shape index (κ2) is 6.12. The highest BCUT2D eigenvalue weighted by Gasteiger charge is 2.28. The lowest BCUT2D eigenvalue weighted by molar-refractivity contribution is 0.456. The molecule has 0 saturated heterocycles. The lowest BCUT2D eigenvalue weighted by Crippen LogP contribution is -2.32. The van der Waals surface area contributed by atoms with Gasteiger partial charge in [0, 0.05) is 30.9 Å². The zero-order valence-electron chi connectivity index (χ0n) is 11.0. The van der Waals surface area contributed by atoms with Crippen molar-refractivity contribution in [1.29, 1.82) is 0 Å². The second-order valence-corrected chi connectivity index (χ2v) is 5.76. The summed E-state index contributed by atoms with van der Waals surface area (Å²) in [6.07, 6.45) is 1.57. The topological polar surface area (TPSA) is 78.1 Å². The number of hydrogen-bond donors (Lipinski definition) is 2. The van der Waals surface area contributed by atoms with Gasteiger partial charge in [-0.15, -0.1) is 6.58 Å². The Kier molecular flexibility index (Phi) is 5.06. The van der Waals surface area contributed by atoms with E-state index >= 15 is 0 Å². The van der Waals surface area contributed by atoms with Gasteiger partial charge < -0.3 is 5.32 Å². The summed E-state index contributed by atoms with van der Waals surface area (Å²) < 4.78 is 26.2. The van der Waals surface area contributed by atoms with Crippen LogP contribution in [0.4, 0.5) is 0 Å². The molecule has 102 valence electrons. The van der Waals surface area contributed by atoms with Crippen LogP contribution in [0.2, 0.25) is 0 Å². The van der Waals surface area contributed by atoms with Crippen LogP contribution in [0.3, 0.4) is 0 Å². The van der Waals surface area contributed by atoms with Gasteiger partial charge in [0.15, 0.2) is 5.03 Å². The molecular weight excluding hydrogens is 252 g/mol. The minimum Gasteiger partial charge on any atom is -0.316 e. The fourth-order valence-electron chi connectivity index (χ4n) is 1.69. The van der Waals surface area contributed by atoms with Gasteiger partial charge >= 0.3 is 0 Å². The maximum atomic E-state index is 12.4. The molecule has 0 bridgehead atoms. The number of nitrogens with one attached hydrogen (secondary N) is 2. The first-order valence-electron chi connectivity index (χ1n) is 5.78. The van der Waals surface area contributed by atoms with Gasteiger partial charge in [0.25, 0.3) is 10.0 Å². The van der Waals surface area contributed by atoms with Crippen molar-refractivity contribution >= 4 is 10.0 Å². The van der Waals surface area contributed by atoms with E-state index in [4.69, 9.17) is 0 Å². The molecule has 0 fully saturated rings. The predicted octanol–water partition coefficient (Wildman–Crippen LogP) is 0.634. The first-order valence-corrected chi connectivity index (χ1v) is 7.22. The summed E-state index contributed by atoms with van der Waals surface area (Å²) >= 11 is 0. The van der Waals surface area contributed by atoms with Crippen LogP contribution in [0.15, 0.2) is 17.7 Å². The molecule has 0 aliphatic heterocycles. The Morgan fingerprint density at radius 1 is 1.56 bits per heavy atom. The number of likely N-dealkylation sites (N-methyl/N-ethyl adjacent to an activating group) is 1. The van der Waals surface area contributed by atoms with Crippen LogP contribution in [0.1, 0.15) is 18.2 Å². The van der Waals surface area contributed by atoms with Crippen molar-refractivity contribution in [2.75, 3.05) is 20.1 Å². The molecule has 7 heteroatoms. The van der Waals surface area contributed by atoms with E-state index in [9.17, 15) is 8.42 Å². The zero-order valence-corrected chi connectivity index (χ0v) is 11.8. The molecule has 0 atom stereocenters. The molecule has 0 aliphatic rings. The van der Waals surface area contributed by atoms with Gasteiger partial charge in [0.05, 0.1) is 0 Å². The van der Waals surface area contributed by atoms with Gasteiger partial charge in [-0.2, -0.15) is 9.40 Å². The minimum atomic E-state index is -3.57. The molecule has 1 heterocycles. The highest BCUT2D eigenvalue weighted by molar-refractivity contribution is 7.89. The maximum Gasteiger partial charge on any atom is 0.262 e.